The molecular formula is C8H11N2. The topological polar surface area (TPSA) is 24.1 Å². The van der Waals surface area contributed by atoms with Gasteiger partial charge in [0.05, 0.1) is 0 Å². The highest BCUT2D eigenvalue weighted by Gasteiger charge is 2.12. The minimum Gasteiger partial charge on any atom is -0.387 e. The summed E-state index contributed by atoms with van der Waals surface area (Å²) in [7, 11) is 0. The maximum absolute atomic E-state index is 3.29. The van der Waals surface area contributed by atoms with Crippen molar-refractivity contribution in [3.8, 4) is 0 Å². The summed E-state index contributed by atoms with van der Waals surface area (Å²) in [4.78, 5) is 0. The van der Waals surface area contributed by atoms with E-state index in [1.54, 1.807) is 0 Å². The largest absolute Gasteiger partial charge is 0.387 e. The van der Waals surface area contributed by atoms with E-state index in [2.05, 4.69) is 29.3 Å². The van der Waals surface area contributed by atoms with E-state index in [-0.39, 0.29) is 0 Å². The minimum absolute atomic E-state index is 0.981. The van der Waals surface area contributed by atoms with Gasteiger partial charge in [0.25, 0.3) is 0 Å². The smallest absolute Gasteiger partial charge is 0.0331 e. The fourth-order valence-electron chi connectivity index (χ4n) is 1.31. The number of hydrogen-bond donors (Lipinski definition) is 2. The molecule has 0 atom stereocenters. The first-order valence-electron chi connectivity index (χ1n) is 3.64. The van der Waals surface area contributed by atoms with Crippen LogP contribution in [0.3, 0.4) is 0 Å². The summed E-state index contributed by atoms with van der Waals surface area (Å²) in [6.07, 6.45) is 6.54. The standard InChI is InChI=1S/C8H11N2/c1-3-9-6-8-2-4-10-5-7(1)8/h1-2,5,9-10H,3-4,6H2. The van der Waals surface area contributed by atoms with E-state index >= 15 is 0 Å². The van der Waals surface area contributed by atoms with Gasteiger partial charge in [-0.1, -0.05) is 6.08 Å². The third-order valence-corrected chi connectivity index (χ3v) is 1.88. The lowest BCUT2D eigenvalue weighted by molar-refractivity contribution is 0.741. The molecule has 0 aromatic heterocycles. The molecule has 2 rings (SSSR count). The van der Waals surface area contributed by atoms with Gasteiger partial charge in [0, 0.05) is 32.3 Å². The first-order chi connectivity index (χ1) is 4.97. The second-order valence-corrected chi connectivity index (χ2v) is 2.57. The zero-order valence-electron chi connectivity index (χ0n) is 5.85. The van der Waals surface area contributed by atoms with Crippen LogP contribution in [0.5, 0.6) is 0 Å². The van der Waals surface area contributed by atoms with Crippen molar-refractivity contribution in [2.75, 3.05) is 19.6 Å². The van der Waals surface area contributed by atoms with Crippen molar-refractivity contribution in [3.05, 3.63) is 29.8 Å². The molecule has 0 saturated carbocycles. The van der Waals surface area contributed by atoms with Crippen LogP contribution in [0.15, 0.2) is 23.4 Å². The number of piperidine rings is 1. The van der Waals surface area contributed by atoms with E-state index in [0.29, 0.717) is 0 Å². The van der Waals surface area contributed by atoms with E-state index in [9.17, 15) is 0 Å². The molecule has 2 aliphatic rings. The van der Waals surface area contributed by atoms with E-state index in [0.717, 1.165) is 19.6 Å². The third kappa shape index (κ3) is 0.948. The van der Waals surface area contributed by atoms with Gasteiger partial charge in [-0.05, 0) is 11.1 Å². The van der Waals surface area contributed by atoms with E-state index in [1.165, 1.54) is 11.1 Å². The summed E-state index contributed by atoms with van der Waals surface area (Å²) >= 11 is 0. The fraction of sp³-hybridized carbons (Fsp3) is 0.375. The van der Waals surface area contributed by atoms with Gasteiger partial charge in [-0.3, -0.25) is 0 Å². The van der Waals surface area contributed by atoms with Crippen molar-refractivity contribution >= 4 is 0 Å². The summed E-state index contributed by atoms with van der Waals surface area (Å²) in [5, 5.41) is 6.48. The number of nitrogens with one attached hydrogen (secondary N) is 2. The number of rotatable bonds is 0. The van der Waals surface area contributed by atoms with Gasteiger partial charge >= 0.3 is 0 Å². The molecule has 53 valence electrons. The van der Waals surface area contributed by atoms with Gasteiger partial charge < -0.3 is 10.6 Å². The van der Waals surface area contributed by atoms with Gasteiger partial charge in [-0.2, -0.15) is 0 Å². The summed E-state index contributed by atoms with van der Waals surface area (Å²) < 4.78 is 0. The number of hydrogen-bond acceptors (Lipinski definition) is 2. The third-order valence-electron chi connectivity index (χ3n) is 1.88. The number of dihydropyridines is 1. The van der Waals surface area contributed by atoms with Crippen LogP contribution in [0.2, 0.25) is 0 Å². The maximum Gasteiger partial charge on any atom is 0.0331 e. The highest BCUT2D eigenvalue weighted by molar-refractivity contribution is 5.42. The highest BCUT2D eigenvalue weighted by atomic mass is 14.9. The van der Waals surface area contributed by atoms with Crippen LogP contribution in [0.1, 0.15) is 0 Å². The van der Waals surface area contributed by atoms with Crippen LogP contribution in [0.4, 0.5) is 0 Å². The van der Waals surface area contributed by atoms with Crippen molar-refractivity contribution < 1.29 is 0 Å². The van der Waals surface area contributed by atoms with E-state index in [4.69, 9.17) is 0 Å². The zero-order valence-corrected chi connectivity index (χ0v) is 5.85. The normalized spacial score (nSPS) is 24.0. The van der Waals surface area contributed by atoms with E-state index in [1.807, 2.05) is 0 Å². The highest BCUT2D eigenvalue weighted by Crippen LogP contribution is 2.16. The Bertz CT molecular complexity index is 169. The van der Waals surface area contributed by atoms with Crippen molar-refractivity contribution in [2.24, 2.45) is 0 Å². The summed E-state index contributed by atoms with van der Waals surface area (Å²) in [5.74, 6) is 0. The van der Waals surface area contributed by atoms with Gasteiger partial charge in [0.1, 0.15) is 0 Å². The molecule has 0 unspecified atom stereocenters. The zero-order chi connectivity index (χ0) is 6.81. The Balaban J connectivity index is 2.19. The summed E-state index contributed by atoms with van der Waals surface area (Å²) in [6.45, 7) is 3.02. The second-order valence-electron chi connectivity index (χ2n) is 2.57. The SMILES string of the molecule is [CH]1CNCC2=CCNC=C12. The lowest BCUT2D eigenvalue weighted by Crippen LogP contribution is -2.29. The molecule has 2 N–H and O–H groups in total. The molecule has 0 bridgehead atoms. The molecule has 10 heavy (non-hydrogen) atoms. The van der Waals surface area contributed by atoms with Crippen LogP contribution < -0.4 is 10.6 Å². The predicted octanol–water partition coefficient (Wildman–Crippen LogP) is 0.207. The lowest BCUT2D eigenvalue weighted by Gasteiger charge is -2.22. The fourth-order valence-corrected chi connectivity index (χ4v) is 1.31. The monoisotopic (exact) mass is 135 g/mol. The van der Waals surface area contributed by atoms with Crippen molar-refractivity contribution in [2.45, 2.75) is 0 Å². The van der Waals surface area contributed by atoms with Gasteiger partial charge in [-0.25, -0.2) is 0 Å². The van der Waals surface area contributed by atoms with Crippen LogP contribution in [-0.4, -0.2) is 19.6 Å². The van der Waals surface area contributed by atoms with Gasteiger partial charge in [-0.15, -0.1) is 0 Å². The molecular weight excluding hydrogens is 124 g/mol. The first kappa shape index (κ1) is 5.98. The molecule has 2 heteroatoms. The van der Waals surface area contributed by atoms with Crippen molar-refractivity contribution in [1.82, 2.24) is 10.6 Å². The molecule has 2 aliphatic heterocycles. The Morgan fingerprint density at radius 1 is 1.30 bits per heavy atom. The summed E-state index contributed by atoms with van der Waals surface area (Å²) in [6, 6.07) is 0. The Labute approximate surface area is 61.0 Å². The first-order valence-corrected chi connectivity index (χ1v) is 3.64. The van der Waals surface area contributed by atoms with E-state index < -0.39 is 0 Å². The predicted molar refractivity (Wildman–Crippen MR) is 41.3 cm³/mol. The van der Waals surface area contributed by atoms with Crippen LogP contribution in [0, 0.1) is 6.42 Å². The Kier molecular flexibility index (Phi) is 1.47. The molecule has 2 heterocycles. The molecule has 0 spiro atoms. The molecule has 2 nitrogen and oxygen atoms in total. The second kappa shape index (κ2) is 2.46. The van der Waals surface area contributed by atoms with Crippen LogP contribution >= 0.6 is 0 Å². The Morgan fingerprint density at radius 2 is 2.30 bits per heavy atom. The van der Waals surface area contributed by atoms with Crippen LogP contribution in [0.25, 0.3) is 0 Å². The van der Waals surface area contributed by atoms with Crippen molar-refractivity contribution in [1.29, 1.82) is 0 Å². The quantitative estimate of drug-likeness (QED) is 0.496. The molecule has 0 amide bonds. The molecule has 1 saturated heterocycles. The lowest BCUT2D eigenvalue weighted by atomic mass is 9.98. The average Bonchev–Trinajstić information content (AvgIpc) is 2.05. The van der Waals surface area contributed by atoms with Gasteiger partial charge in [0.2, 0.25) is 0 Å². The maximum atomic E-state index is 3.29. The summed E-state index contributed by atoms with van der Waals surface area (Å²) in [5.41, 5.74) is 2.80. The van der Waals surface area contributed by atoms with Crippen LogP contribution in [-0.2, 0) is 0 Å². The molecule has 1 fully saturated rings. The Morgan fingerprint density at radius 3 is 3.20 bits per heavy atom. The number of fused-ring (bicyclic) bond motifs is 1. The minimum atomic E-state index is 0.981. The molecule has 0 aromatic rings. The molecule has 1 radical (unpaired) electrons. The molecule has 0 aromatic carbocycles. The molecule has 0 aliphatic carbocycles. The average molecular weight is 135 g/mol. The Hall–Kier alpha value is -0.760. The van der Waals surface area contributed by atoms with Gasteiger partial charge in [0.15, 0.2) is 0 Å². The van der Waals surface area contributed by atoms with Crippen molar-refractivity contribution in [3.63, 3.8) is 0 Å².